The van der Waals surface area contributed by atoms with Crippen LogP contribution in [-0.4, -0.2) is 6.51 Å². The van der Waals surface area contributed by atoms with Gasteiger partial charge in [0.2, 0.25) is 0 Å². The van der Waals surface area contributed by atoms with Gasteiger partial charge in [-0.15, -0.1) is 34.0 Å². The molecule has 38 heavy (non-hydrogen) atoms. The van der Waals surface area contributed by atoms with Gasteiger partial charge in [-0.3, -0.25) is 0 Å². The Balaban J connectivity index is 0.000000200. The number of halogens is 2. The van der Waals surface area contributed by atoms with Crippen LogP contribution in [0.2, 0.25) is 7.35 Å². The molecule has 0 heterocycles. The second-order valence-electron chi connectivity index (χ2n) is 11.7. The Kier molecular flexibility index (Phi) is 13.5. The first-order valence-corrected chi connectivity index (χ1v) is 25.7. The number of hydrogen-bond donors (Lipinski definition) is 0. The molecule has 0 aliphatic heterocycles. The monoisotopic (exact) mass is 972 g/mol. The van der Waals surface area contributed by atoms with Gasteiger partial charge in [0.15, 0.2) is 0 Å². The predicted octanol–water partition coefficient (Wildman–Crippen LogP) is 10.9. The molecule has 0 saturated heterocycles. The van der Waals surface area contributed by atoms with Crippen LogP contribution in [0.3, 0.4) is 0 Å². The molecule has 204 valence electrons. The summed E-state index contributed by atoms with van der Waals surface area (Å²) < 4.78 is 8.97. The Labute approximate surface area is 268 Å². The molecule has 6 aliphatic rings. The second-order valence-corrected chi connectivity index (χ2v) is 33.9. The van der Waals surface area contributed by atoms with Crippen LogP contribution in [0.4, 0.5) is 0 Å². The van der Waals surface area contributed by atoms with Crippen molar-refractivity contribution < 1.29 is 41.9 Å². The first kappa shape index (κ1) is 32.9. The summed E-state index contributed by atoms with van der Waals surface area (Å²) in [6, 6.07) is 0. The number of allylic oxidation sites excluding steroid dienone is 16. The van der Waals surface area contributed by atoms with Crippen molar-refractivity contribution in [1.82, 2.24) is 0 Å². The van der Waals surface area contributed by atoms with E-state index in [1.54, 1.807) is 17.7 Å². The Hall–Kier alpha value is 0.360. The van der Waals surface area contributed by atoms with Crippen LogP contribution in [0.25, 0.3) is 0 Å². The van der Waals surface area contributed by atoms with Gasteiger partial charge in [0.1, 0.15) is 0 Å². The van der Waals surface area contributed by atoms with E-state index in [0.717, 1.165) is 7.35 Å². The molecule has 4 heteroatoms. The van der Waals surface area contributed by atoms with Gasteiger partial charge in [-0.05, 0) is 0 Å². The number of hydrogen-bond acceptors (Lipinski definition) is 0. The van der Waals surface area contributed by atoms with Crippen molar-refractivity contribution in [2.24, 2.45) is 0 Å². The molecule has 0 aromatic heterocycles. The standard InChI is InChI=1S/2C9H11.2C5H5.2C3H6.2BrH.2Hf/c2*1-2-5-9-7-3-6-8(9)4-1;2*1-2-4-5-3-1;2*1-3-2;;;;/h2*3,6-7H,1-2,4-5H2;2*1-3H,4H2;2*1-2H3;2*1H;;. The summed E-state index contributed by atoms with van der Waals surface area (Å²) in [6.07, 6.45) is 37.8. The molecule has 0 saturated carbocycles. The molecule has 0 fully saturated rings. The summed E-state index contributed by atoms with van der Waals surface area (Å²) in [5.41, 5.74) is 7.11. The fourth-order valence-corrected chi connectivity index (χ4v) is 30.5. The van der Waals surface area contributed by atoms with Crippen molar-refractivity contribution >= 4 is 40.5 Å². The molecular weight excluding hydrogens is 925 g/mol. The summed E-state index contributed by atoms with van der Waals surface area (Å²) in [6.45, 7) is 9.60. The van der Waals surface area contributed by atoms with Gasteiger partial charge < -0.3 is 0 Å². The summed E-state index contributed by atoms with van der Waals surface area (Å²) in [5.74, 6) is 0. The van der Waals surface area contributed by atoms with Crippen molar-refractivity contribution in [3.63, 3.8) is 0 Å². The molecule has 2 atom stereocenters. The van der Waals surface area contributed by atoms with E-state index in [0.29, 0.717) is 0 Å². The zero-order valence-electron chi connectivity index (χ0n) is 23.8. The van der Waals surface area contributed by atoms with Gasteiger partial charge >= 0.3 is 237 Å². The van der Waals surface area contributed by atoms with Crippen LogP contribution in [-0.2, 0) is 41.9 Å². The van der Waals surface area contributed by atoms with E-state index in [2.05, 4.69) is 88.5 Å². The van der Waals surface area contributed by atoms with Crippen molar-refractivity contribution in [2.45, 2.75) is 99.3 Å². The van der Waals surface area contributed by atoms with Crippen molar-refractivity contribution in [2.75, 3.05) is 0 Å². The average Bonchev–Trinajstić information content (AvgIpc) is 3.69. The van der Waals surface area contributed by atoms with Crippen molar-refractivity contribution in [3.05, 3.63) is 89.7 Å². The minimum atomic E-state index is -1.78. The molecule has 0 spiro atoms. The third-order valence-electron chi connectivity index (χ3n) is 8.77. The van der Waals surface area contributed by atoms with Crippen LogP contribution in [0.15, 0.2) is 89.7 Å². The normalized spacial score (nSPS) is 24.1. The fraction of sp³-hybridized carbons (Fsp3) is 0.471. The molecule has 0 radical (unpaired) electrons. The molecular formula is C34H46Br2Hf2. The van der Waals surface area contributed by atoms with E-state index in [1.807, 2.05) is 17.8 Å². The van der Waals surface area contributed by atoms with Crippen LogP contribution in [0.1, 0.15) is 91.9 Å². The van der Waals surface area contributed by atoms with E-state index < -0.39 is 41.9 Å². The van der Waals surface area contributed by atoms with E-state index in [1.165, 1.54) is 64.2 Å². The molecule has 0 aromatic rings. The Bertz CT molecular complexity index is 1120. The van der Waals surface area contributed by atoms with E-state index in [4.69, 9.17) is 0 Å². The van der Waals surface area contributed by atoms with Crippen LogP contribution >= 0.6 is 34.0 Å². The van der Waals surface area contributed by atoms with Gasteiger partial charge in [0.25, 0.3) is 0 Å². The van der Waals surface area contributed by atoms with Gasteiger partial charge in [-0.1, -0.05) is 0 Å². The molecule has 0 aromatic carbocycles. The minimum absolute atomic E-state index is 0. The Morgan fingerprint density at radius 1 is 0.605 bits per heavy atom. The van der Waals surface area contributed by atoms with Gasteiger partial charge in [-0.2, -0.15) is 0 Å². The predicted molar refractivity (Wildman–Crippen MR) is 174 cm³/mol. The summed E-state index contributed by atoms with van der Waals surface area (Å²) in [5, 5.41) is 0. The van der Waals surface area contributed by atoms with Gasteiger partial charge in [0, 0.05) is 0 Å². The molecule has 2 unspecified atom stereocenters. The fourth-order valence-electron chi connectivity index (χ4n) is 7.15. The SMILES string of the molecule is Br.Br.C[C](C)=[Hf]([C]1=CC=CC1)[CH]1C=CC2=C1CCCC2.C[C](C)=[Hf]([C]1=CC=CC1)[CH]1C=CC2=C1CCCC2. The summed E-state index contributed by atoms with van der Waals surface area (Å²) in [4.78, 5) is 0. The number of rotatable bonds is 4. The second kappa shape index (κ2) is 15.5. The maximum absolute atomic E-state index is 2.57. The zero-order valence-corrected chi connectivity index (χ0v) is 34.4. The molecule has 0 nitrogen and oxygen atoms in total. The van der Waals surface area contributed by atoms with Gasteiger partial charge in [0.05, 0.1) is 0 Å². The van der Waals surface area contributed by atoms with Crippen molar-refractivity contribution in [3.8, 4) is 0 Å². The van der Waals surface area contributed by atoms with E-state index in [-0.39, 0.29) is 34.0 Å². The van der Waals surface area contributed by atoms with Crippen LogP contribution < -0.4 is 0 Å². The molecule has 0 N–H and O–H groups in total. The quantitative estimate of drug-likeness (QED) is 0.246. The Morgan fingerprint density at radius 2 is 1.00 bits per heavy atom. The van der Waals surface area contributed by atoms with E-state index in [9.17, 15) is 0 Å². The van der Waals surface area contributed by atoms with Crippen molar-refractivity contribution in [1.29, 1.82) is 0 Å². The topological polar surface area (TPSA) is 0 Å². The summed E-state index contributed by atoms with van der Waals surface area (Å²) in [7, 11) is 0. The summed E-state index contributed by atoms with van der Waals surface area (Å²) >= 11 is -3.55. The van der Waals surface area contributed by atoms with Crippen LogP contribution in [0.5, 0.6) is 0 Å². The molecule has 0 amide bonds. The first-order chi connectivity index (χ1) is 17.5. The van der Waals surface area contributed by atoms with E-state index >= 15 is 0 Å². The first-order valence-electron chi connectivity index (χ1n) is 14.4. The van der Waals surface area contributed by atoms with Gasteiger partial charge in [-0.25, -0.2) is 0 Å². The average molecular weight is 972 g/mol. The molecule has 6 aliphatic carbocycles. The van der Waals surface area contributed by atoms with Crippen LogP contribution in [0, 0.1) is 0 Å². The Morgan fingerprint density at radius 3 is 1.34 bits per heavy atom. The third kappa shape index (κ3) is 7.40. The molecule has 0 bridgehead atoms. The zero-order chi connectivity index (χ0) is 25.1. The maximum atomic E-state index is 2.57. The molecule has 6 rings (SSSR count). The third-order valence-corrected chi connectivity index (χ3v) is 32.5.